The molecule has 1 amide bonds. The summed E-state index contributed by atoms with van der Waals surface area (Å²) in [5.41, 5.74) is 8.13. The minimum atomic E-state index is -0.443. The Morgan fingerprint density at radius 2 is 1.52 bits per heavy atom. The summed E-state index contributed by atoms with van der Waals surface area (Å²) in [6.45, 7) is 15.9. The highest BCUT2D eigenvalue weighted by Gasteiger charge is 2.26. The van der Waals surface area contributed by atoms with Gasteiger partial charge in [-0.05, 0) is 64.0 Å². The lowest BCUT2D eigenvalue weighted by molar-refractivity contribution is 0.0204. The Kier molecular flexibility index (Phi) is 8.53. The molecule has 0 aliphatic carbocycles. The lowest BCUT2D eigenvalue weighted by atomic mass is 9.93. The zero-order chi connectivity index (χ0) is 21.6. The summed E-state index contributed by atoms with van der Waals surface area (Å²) in [4.78, 5) is 16.9. The van der Waals surface area contributed by atoms with Gasteiger partial charge in [-0.25, -0.2) is 4.79 Å². The summed E-state index contributed by atoms with van der Waals surface area (Å²) < 4.78 is 5.56. The largest absolute Gasteiger partial charge is 0.444 e. The Balaban J connectivity index is 2.05. The van der Waals surface area contributed by atoms with Gasteiger partial charge in [0.25, 0.3) is 0 Å². The molecule has 2 rings (SSSR count). The van der Waals surface area contributed by atoms with E-state index in [1.54, 1.807) is 0 Å². The first-order valence-corrected chi connectivity index (χ1v) is 11.1. The molecule has 2 N–H and O–H groups in total. The number of hydrogen-bond donors (Lipinski definition) is 1. The van der Waals surface area contributed by atoms with E-state index in [4.69, 9.17) is 10.5 Å². The molecule has 0 spiro atoms. The second-order valence-electron chi connectivity index (χ2n) is 9.81. The van der Waals surface area contributed by atoms with Crippen LogP contribution in [0.4, 0.5) is 4.79 Å². The Morgan fingerprint density at radius 1 is 1.00 bits per heavy atom. The summed E-state index contributed by atoms with van der Waals surface area (Å²) in [6.07, 6.45) is 2.88. The van der Waals surface area contributed by atoms with Crippen molar-refractivity contribution in [2.24, 2.45) is 11.7 Å². The molecule has 0 aromatic heterocycles. The van der Waals surface area contributed by atoms with Gasteiger partial charge in [0, 0.05) is 38.3 Å². The lowest BCUT2D eigenvalue weighted by Gasteiger charge is -2.37. The van der Waals surface area contributed by atoms with E-state index in [1.165, 1.54) is 11.1 Å². The number of benzene rings is 1. The van der Waals surface area contributed by atoms with Crippen molar-refractivity contribution in [1.82, 2.24) is 9.80 Å². The number of hydrogen-bond acceptors (Lipinski definition) is 4. The van der Waals surface area contributed by atoms with E-state index in [-0.39, 0.29) is 12.1 Å². The molecule has 1 aliphatic heterocycles. The zero-order valence-corrected chi connectivity index (χ0v) is 19.3. The Hall–Kier alpha value is -1.59. The third-order valence-electron chi connectivity index (χ3n) is 5.38. The summed E-state index contributed by atoms with van der Waals surface area (Å²) in [6, 6.07) is 9.30. The molecule has 1 aromatic rings. The fourth-order valence-electron chi connectivity index (χ4n) is 3.94. The summed E-state index contributed by atoms with van der Waals surface area (Å²) in [5.74, 6) is 0.622. The highest BCUT2D eigenvalue weighted by molar-refractivity contribution is 5.68. The van der Waals surface area contributed by atoms with Crippen molar-refractivity contribution in [3.8, 4) is 0 Å². The first-order chi connectivity index (χ1) is 13.6. The average molecular weight is 404 g/mol. The van der Waals surface area contributed by atoms with Crippen LogP contribution in [-0.2, 0) is 4.74 Å². The molecule has 5 heteroatoms. The van der Waals surface area contributed by atoms with Crippen molar-refractivity contribution in [2.45, 2.75) is 78.5 Å². The van der Waals surface area contributed by atoms with Crippen LogP contribution < -0.4 is 5.73 Å². The topological polar surface area (TPSA) is 58.8 Å². The summed E-state index contributed by atoms with van der Waals surface area (Å²) in [7, 11) is 0. The van der Waals surface area contributed by atoms with Gasteiger partial charge in [0.1, 0.15) is 5.60 Å². The molecule has 5 nitrogen and oxygen atoms in total. The molecule has 29 heavy (non-hydrogen) atoms. The molecule has 164 valence electrons. The minimum absolute atomic E-state index is 0.0631. The third kappa shape index (κ3) is 7.63. The molecule has 0 radical (unpaired) electrons. The van der Waals surface area contributed by atoms with Gasteiger partial charge in [-0.3, -0.25) is 4.90 Å². The Labute approximate surface area is 177 Å². The number of carbonyl (C=O) groups is 1. The molecule has 0 bridgehead atoms. The Morgan fingerprint density at radius 3 is 1.97 bits per heavy atom. The van der Waals surface area contributed by atoms with Crippen LogP contribution in [0.2, 0.25) is 0 Å². The zero-order valence-electron chi connectivity index (χ0n) is 19.3. The van der Waals surface area contributed by atoms with Crippen LogP contribution in [0.15, 0.2) is 24.3 Å². The van der Waals surface area contributed by atoms with Gasteiger partial charge in [-0.1, -0.05) is 38.1 Å². The molecule has 1 aromatic carbocycles. The first kappa shape index (κ1) is 23.7. The second kappa shape index (κ2) is 10.4. The molecule has 1 unspecified atom stereocenters. The summed E-state index contributed by atoms with van der Waals surface area (Å²) >= 11 is 0. The normalized spacial score (nSPS) is 18.8. The molecular formula is C24H41N3O2. The number of amides is 1. The van der Waals surface area contributed by atoms with Crippen LogP contribution in [0, 0.1) is 5.92 Å². The van der Waals surface area contributed by atoms with Crippen molar-refractivity contribution in [2.75, 3.05) is 26.2 Å². The molecule has 2 atom stereocenters. The van der Waals surface area contributed by atoms with E-state index < -0.39 is 5.60 Å². The Bertz CT molecular complexity index is 625. The van der Waals surface area contributed by atoms with Gasteiger partial charge >= 0.3 is 6.09 Å². The van der Waals surface area contributed by atoms with Crippen LogP contribution in [-0.4, -0.2) is 47.7 Å². The van der Waals surface area contributed by atoms with E-state index in [2.05, 4.69) is 43.0 Å². The van der Waals surface area contributed by atoms with Crippen LogP contribution in [0.25, 0.3) is 0 Å². The van der Waals surface area contributed by atoms with E-state index in [9.17, 15) is 4.79 Å². The number of nitrogens with two attached hydrogens (primary N) is 1. The monoisotopic (exact) mass is 403 g/mol. The highest BCUT2D eigenvalue weighted by atomic mass is 16.6. The number of rotatable bonds is 5. The van der Waals surface area contributed by atoms with Gasteiger partial charge in [0.15, 0.2) is 0 Å². The van der Waals surface area contributed by atoms with Gasteiger partial charge in [-0.15, -0.1) is 0 Å². The molecule has 1 aliphatic rings. The number of nitrogens with zero attached hydrogens (tertiary/aromatic N) is 2. The maximum absolute atomic E-state index is 12.4. The van der Waals surface area contributed by atoms with Crippen molar-refractivity contribution < 1.29 is 9.53 Å². The molecule has 1 saturated heterocycles. The minimum Gasteiger partial charge on any atom is -0.444 e. The average Bonchev–Trinajstić information content (AvgIpc) is 2.58. The first-order valence-electron chi connectivity index (χ1n) is 11.1. The van der Waals surface area contributed by atoms with Crippen molar-refractivity contribution in [3.63, 3.8) is 0 Å². The SMILES string of the molecule is CC(C)CC(c1ccc([C@H](C)N)cc1)N1CCCN(C(=O)OC(C)(C)C)CCC1. The number of carbonyl (C=O) groups excluding carboxylic acids is 1. The lowest BCUT2D eigenvalue weighted by Crippen LogP contribution is -2.43. The standard InChI is InChI=1S/C24H41N3O2/c1-18(2)17-22(21-11-9-20(10-12-21)19(3)25)26-13-7-15-27(16-8-14-26)23(28)29-24(4,5)6/h9-12,18-19,22H,7-8,13-17,25H2,1-6H3/t19-,22?/m0/s1. The van der Waals surface area contributed by atoms with Gasteiger partial charge in [0.2, 0.25) is 0 Å². The summed E-state index contributed by atoms with van der Waals surface area (Å²) in [5, 5.41) is 0. The van der Waals surface area contributed by atoms with E-state index in [0.717, 1.165) is 45.4 Å². The highest BCUT2D eigenvalue weighted by Crippen LogP contribution is 2.30. The maximum Gasteiger partial charge on any atom is 0.410 e. The van der Waals surface area contributed by atoms with Crippen LogP contribution in [0.3, 0.4) is 0 Å². The molecule has 0 saturated carbocycles. The van der Waals surface area contributed by atoms with Crippen LogP contribution in [0.1, 0.15) is 84.0 Å². The van der Waals surface area contributed by atoms with Crippen molar-refractivity contribution in [1.29, 1.82) is 0 Å². The predicted molar refractivity (Wildman–Crippen MR) is 120 cm³/mol. The van der Waals surface area contributed by atoms with Gasteiger partial charge in [-0.2, -0.15) is 0 Å². The van der Waals surface area contributed by atoms with Crippen molar-refractivity contribution in [3.05, 3.63) is 35.4 Å². The second-order valence-corrected chi connectivity index (χ2v) is 9.81. The predicted octanol–water partition coefficient (Wildman–Crippen LogP) is 5.13. The third-order valence-corrected chi connectivity index (χ3v) is 5.38. The fraction of sp³-hybridized carbons (Fsp3) is 0.708. The van der Waals surface area contributed by atoms with Crippen LogP contribution >= 0.6 is 0 Å². The van der Waals surface area contributed by atoms with Crippen LogP contribution in [0.5, 0.6) is 0 Å². The fourth-order valence-corrected chi connectivity index (χ4v) is 3.94. The maximum atomic E-state index is 12.4. The number of ether oxygens (including phenoxy) is 1. The van der Waals surface area contributed by atoms with E-state index in [1.807, 2.05) is 32.6 Å². The van der Waals surface area contributed by atoms with E-state index >= 15 is 0 Å². The molecule has 1 heterocycles. The van der Waals surface area contributed by atoms with Gasteiger partial charge < -0.3 is 15.4 Å². The molecule has 1 fully saturated rings. The van der Waals surface area contributed by atoms with Gasteiger partial charge in [0.05, 0.1) is 0 Å². The molecular weight excluding hydrogens is 362 g/mol. The van der Waals surface area contributed by atoms with E-state index in [0.29, 0.717) is 12.0 Å². The smallest absolute Gasteiger partial charge is 0.410 e. The quantitative estimate of drug-likeness (QED) is 0.741. The van der Waals surface area contributed by atoms with Crippen molar-refractivity contribution >= 4 is 6.09 Å².